The van der Waals surface area contributed by atoms with Gasteiger partial charge < -0.3 is 10.6 Å². The van der Waals surface area contributed by atoms with Gasteiger partial charge in [0.15, 0.2) is 0 Å². The first-order chi connectivity index (χ1) is 7.93. The Morgan fingerprint density at radius 2 is 2.24 bits per heavy atom. The normalized spacial score (nSPS) is 16.8. The van der Waals surface area contributed by atoms with E-state index in [4.69, 9.17) is 0 Å². The van der Waals surface area contributed by atoms with Crippen molar-refractivity contribution in [1.29, 1.82) is 0 Å². The predicted molar refractivity (Wildman–Crippen MR) is 74.5 cm³/mol. The molecule has 92 valence electrons. The zero-order chi connectivity index (χ0) is 10.8. The van der Waals surface area contributed by atoms with Crippen molar-refractivity contribution in [2.24, 2.45) is 4.99 Å². The number of halogens is 1. The molecule has 0 bridgehead atoms. The SMILES string of the molecule is Cl.c1cc2c(c(NCC3=NCCN3)c1)CCC2. The van der Waals surface area contributed by atoms with E-state index < -0.39 is 0 Å². The van der Waals surface area contributed by atoms with Gasteiger partial charge in [-0.3, -0.25) is 4.99 Å². The highest BCUT2D eigenvalue weighted by molar-refractivity contribution is 5.87. The first kappa shape index (κ1) is 12.2. The second-order valence-electron chi connectivity index (χ2n) is 4.41. The number of hydrogen-bond acceptors (Lipinski definition) is 3. The lowest BCUT2D eigenvalue weighted by Crippen LogP contribution is -2.26. The van der Waals surface area contributed by atoms with Gasteiger partial charge in [-0.1, -0.05) is 12.1 Å². The van der Waals surface area contributed by atoms with Crippen LogP contribution in [0.5, 0.6) is 0 Å². The standard InChI is InChI=1S/C13H17N3.ClH/c1-3-10-4-2-6-12(11(10)5-1)16-9-13-14-7-8-15-13;/h2,4,6,16H,1,3,5,7-9H2,(H,14,15);1H. The van der Waals surface area contributed by atoms with Crippen molar-refractivity contribution in [3.05, 3.63) is 29.3 Å². The molecule has 1 aliphatic heterocycles. The van der Waals surface area contributed by atoms with E-state index in [0.29, 0.717) is 0 Å². The highest BCUT2D eigenvalue weighted by Gasteiger charge is 2.14. The quantitative estimate of drug-likeness (QED) is 0.862. The number of aryl methyl sites for hydroxylation is 1. The maximum Gasteiger partial charge on any atom is 0.116 e. The molecule has 0 aromatic heterocycles. The number of benzene rings is 1. The van der Waals surface area contributed by atoms with Crippen LogP contribution in [-0.4, -0.2) is 25.5 Å². The van der Waals surface area contributed by atoms with Gasteiger partial charge in [-0.2, -0.15) is 0 Å². The Bertz CT molecular complexity index is 429. The molecule has 3 nitrogen and oxygen atoms in total. The average molecular weight is 252 g/mol. The lowest BCUT2D eigenvalue weighted by Gasteiger charge is -2.11. The fraction of sp³-hybridized carbons (Fsp3) is 0.462. The molecule has 0 saturated heterocycles. The van der Waals surface area contributed by atoms with Crippen LogP contribution in [0.2, 0.25) is 0 Å². The van der Waals surface area contributed by atoms with E-state index in [1.54, 1.807) is 0 Å². The largest absolute Gasteiger partial charge is 0.378 e. The molecule has 3 rings (SSSR count). The van der Waals surface area contributed by atoms with Crippen LogP contribution in [0, 0.1) is 0 Å². The summed E-state index contributed by atoms with van der Waals surface area (Å²) in [7, 11) is 0. The Hall–Kier alpha value is -1.22. The van der Waals surface area contributed by atoms with Crippen molar-refractivity contribution in [1.82, 2.24) is 5.32 Å². The van der Waals surface area contributed by atoms with Crippen molar-refractivity contribution in [3.8, 4) is 0 Å². The van der Waals surface area contributed by atoms with E-state index in [1.165, 1.54) is 36.1 Å². The van der Waals surface area contributed by atoms with Gasteiger partial charge in [0.05, 0.1) is 13.1 Å². The zero-order valence-corrected chi connectivity index (χ0v) is 10.6. The Balaban J connectivity index is 0.00000108. The lowest BCUT2D eigenvalue weighted by molar-refractivity contribution is 0.911. The van der Waals surface area contributed by atoms with Crippen LogP contribution in [0.3, 0.4) is 0 Å². The Morgan fingerprint density at radius 1 is 1.29 bits per heavy atom. The molecule has 2 aliphatic rings. The molecule has 1 heterocycles. The summed E-state index contributed by atoms with van der Waals surface area (Å²) in [6, 6.07) is 6.58. The molecule has 1 aromatic rings. The van der Waals surface area contributed by atoms with Gasteiger partial charge in [0.25, 0.3) is 0 Å². The molecule has 1 aliphatic carbocycles. The summed E-state index contributed by atoms with van der Waals surface area (Å²) in [5, 5.41) is 6.78. The molecular formula is C13H18ClN3. The molecule has 2 N–H and O–H groups in total. The summed E-state index contributed by atoms with van der Waals surface area (Å²) < 4.78 is 0. The van der Waals surface area contributed by atoms with E-state index in [1.807, 2.05) is 0 Å². The number of amidine groups is 1. The Kier molecular flexibility index (Phi) is 3.89. The van der Waals surface area contributed by atoms with E-state index in [2.05, 4.69) is 33.8 Å². The molecule has 0 spiro atoms. The molecule has 0 amide bonds. The minimum absolute atomic E-state index is 0. The molecule has 0 fully saturated rings. The predicted octanol–water partition coefficient (Wildman–Crippen LogP) is 2.01. The van der Waals surface area contributed by atoms with Gasteiger partial charge in [-0.15, -0.1) is 12.4 Å². The summed E-state index contributed by atoms with van der Waals surface area (Å²) in [6.45, 7) is 2.74. The van der Waals surface area contributed by atoms with Gasteiger partial charge in [-0.25, -0.2) is 0 Å². The molecular weight excluding hydrogens is 234 g/mol. The van der Waals surface area contributed by atoms with Crippen LogP contribution in [0.1, 0.15) is 17.5 Å². The third-order valence-corrected chi connectivity index (χ3v) is 3.34. The highest BCUT2D eigenvalue weighted by atomic mass is 35.5. The Morgan fingerprint density at radius 3 is 3.06 bits per heavy atom. The fourth-order valence-electron chi connectivity index (χ4n) is 2.53. The van der Waals surface area contributed by atoms with Gasteiger partial charge >= 0.3 is 0 Å². The van der Waals surface area contributed by atoms with Crippen LogP contribution < -0.4 is 10.6 Å². The van der Waals surface area contributed by atoms with Crippen molar-refractivity contribution in [2.75, 3.05) is 25.0 Å². The second kappa shape index (κ2) is 5.41. The minimum atomic E-state index is 0. The van der Waals surface area contributed by atoms with E-state index >= 15 is 0 Å². The number of rotatable bonds is 3. The third-order valence-electron chi connectivity index (χ3n) is 3.34. The van der Waals surface area contributed by atoms with Crippen LogP contribution >= 0.6 is 12.4 Å². The molecule has 0 saturated carbocycles. The van der Waals surface area contributed by atoms with Crippen LogP contribution in [0.25, 0.3) is 0 Å². The smallest absolute Gasteiger partial charge is 0.116 e. The zero-order valence-electron chi connectivity index (χ0n) is 9.83. The number of aliphatic imine (C=N–C) groups is 1. The summed E-state index contributed by atoms with van der Waals surface area (Å²) in [4.78, 5) is 4.39. The van der Waals surface area contributed by atoms with Gasteiger partial charge in [-0.05, 0) is 36.5 Å². The number of nitrogens with zero attached hydrogens (tertiary/aromatic N) is 1. The maximum absolute atomic E-state index is 4.39. The summed E-state index contributed by atoms with van der Waals surface area (Å²) in [5.41, 5.74) is 4.33. The molecule has 0 unspecified atom stereocenters. The number of nitrogens with one attached hydrogen (secondary N) is 2. The van der Waals surface area contributed by atoms with Crippen molar-refractivity contribution in [2.45, 2.75) is 19.3 Å². The van der Waals surface area contributed by atoms with Crippen molar-refractivity contribution < 1.29 is 0 Å². The van der Waals surface area contributed by atoms with E-state index in [9.17, 15) is 0 Å². The Labute approximate surface area is 108 Å². The average Bonchev–Trinajstić information content (AvgIpc) is 2.97. The van der Waals surface area contributed by atoms with Gasteiger partial charge in [0.2, 0.25) is 0 Å². The topological polar surface area (TPSA) is 36.4 Å². The number of hydrogen-bond donors (Lipinski definition) is 2. The summed E-state index contributed by atoms with van der Waals surface area (Å²) in [5.74, 6) is 1.09. The highest BCUT2D eigenvalue weighted by Crippen LogP contribution is 2.28. The van der Waals surface area contributed by atoms with Crippen molar-refractivity contribution in [3.63, 3.8) is 0 Å². The number of anilines is 1. The van der Waals surface area contributed by atoms with Crippen LogP contribution in [0.4, 0.5) is 5.69 Å². The van der Waals surface area contributed by atoms with Crippen LogP contribution in [-0.2, 0) is 12.8 Å². The number of fused-ring (bicyclic) bond motifs is 1. The minimum Gasteiger partial charge on any atom is -0.378 e. The third kappa shape index (κ3) is 2.55. The molecule has 0 radical (unpaired) electrons. The first-order valence-corrected chi connectivity index (χ1v) is 6.05. The van der Waals surface area contributed by atoms with Gasteiger partial charge in [0.1, 0.15) is 5.84 Å². The van der Waals surface area contributed by atoms with Gasteiger partial charge in [0, 0.05) is 12.2 Å². The molecule has 1 aromatic carbocycles. The molecule has 0 atom stereocenters. The lowest BCUT2D eigenvalue weighted by atomic mass is 10.1. The van der Waals surface area contributed by atoms with Crippen molar-refractivity contribution >= 4 is 23.9 Å². The van der Waals surface area contributed by atoms with E-state index in [-0.39, 0.29) is 12.4 Å². The first-order valence-electron chi connectivity index (χ1n) is 6.05. The van der Waals surface area contributed by atoms with E-state index in [0.717, 1.165) is 25.5 Å². The molecule has 4 heteroatoms. The summed E-state index contributed by atoms with van der Waals surface area (Å²) >= 11 is 0. The fourth-order valence-corrected chi connectivity index (χ4v) is 2.53. The maximum atomic E-state index is 4.39. The van der Waals surface area contributed by atoms with Crippen LogP contribution in [0.15, 0.2) is 23.2 Å². The second-order valence-corrected chi connectivity index (χ2v) is 4.41. The summed E-state index contributed by atoms with van der Waals surface area (Å²) in [6.07, 6.45) is 3.76. The monoisotopic (exact) mass is 251 g/mol. The molecule has 17 heavy (non-hydrogen) atoms.